The monoisotopic (exact) mass is 351 g/mol. The standard InChI is InChI=1S/C17H25N3O3S/c1-2-8-24(22,23)20-7-3-4-16(20)17(21)19-10-13-5-6-14-11-18-12-15(14)9-13/h5-6,9,16,18H,2-4,7-8,10-12H2,1H3,(H,19,21). The highest BCUT2D eigenvalue weighted by Gasteiger charge is 2.37. The van der Waals surface area contributed by atoms with Gasteiger partial charge in [0.2, 0.25) is 15.9 Å². The van der Waals surface area contributed by atoms with Crippen LogP contribution in [0.25, 0.3) is 0 Å². The summed E-state index contributed by atoms with van der Waals surface area (Å²) >= 11 is 0. The highest BCUT2D eigenvalue weighted by Crippen LogP contribution is 2.22. The highest BCUT2D eigenvalue weighted by atomic mass is 32.2. The third-order valence-corrected chi connectivity index (χ3v) is 6.77. The average molecular weight is 351 g/mol. The predicted molar refractivity (Wildman–Crippen MR) is 92.6 cm³/mol. The van der Waals surface area contributed by atoms with E-state index in [0.29, 0.717) is 25.9 Å². The fourth-order valence-electron chi connectivity index (χ4n) is 3.48. The third-order valence-electron chi connectivity index (χ3n) is 4.69. The molecule has 0 saturated carbocycles. The molecule has 0 bridgehead atoms. The summed E-state index contributed by atoms with van der Waals surface area (Å²) < 4.78 is 26.0. The Balaban J connectivity index is 1.62. The summed E-state index contributed by atoms with van der Waals surface area (Å²) in [5.41, 5.74) is 3.62. The summed E-state index contributed by atoms with van der Waals surface area (Å²) in [5, 5.41) is 6.21. The van der Waals surface area contributed by atoms with Crippen molar-refractivity contribution >= 4 is 15.9 Å². The molecule has 1 aromatic carbocycles. The quantitative estimate of drug-likeness (QED) is 0.805. The molecule has 0 aliphatic carbocycles. The number of carbonyl (C=O) groups is 1. The fraction of sp³-hybridized carbons (Fsp3) is 0.588. The molecule has 2 aliphatic rings. The highest BCUT2D eigenvalue weighted by molar-refractivity contribution is 7.89. The van der Waals surface area contributed by atoms with Crippen molar-refractivity contribution in [3.05, 3.63) is 34.9 Å². The first-order chi connectivity index (χ1) is 11.5. The second kappa shape index (κ2) is 7.21. The molecule has 2 heterocycles. The van der Waals surface area contributed by atoms with Crippen LogP contribution in [0.3, 0.4) is 0 Å². The number of sulfonamides is 1. The van der Waals surface area contributed by atoms with Crippen LogP contribution in [-0.4, -0.2) is 37.0 Å². The minimum atomic E-state index is -3.33. The number of fused-ring (bicyclic) bond motifs is 1. The molecule has 24 heavy (non-hydrogen) atoms. The van der Waals surface area contributed by atoms with Crippen molar-refractivity contribution in [3.8, 4) is 0 Å². The van der Waals surface area contributed by atoms with E-state index in [0.717, 1.165) is 25.1 Å². The van der Waals surface area contributed by atoms with Crippen LogP contribution in [-0.2, 0) is 34.5 Å². The summed E-state index contributed by atoms with van der Waals surface area (Å²) in [6.45, 7) is 4.48. The van der Waals surface area contributed by atoms with E-state index in [2.05, 4.69) is 22.8 Å². The maximum absolute atomic E-state index is 12.5. The van der Waals surface area contributed by atoms with Gasteiger partial charge in [-0.25, -0.2) is 8.42 Å². The van der Waals surface area contributed by atoms with Gasteiger partial charge in [0.25, 0.3) is 0 Å². The minimum absolute atomic E-state index is 0.106. The van der Waals surface area contributed by atoms with Gasteiger partial charge in [-0.3, -0.25) is 4.79 Å². The summed E-state index contributed by atoms with van der Waals surface area (Å²) in [5.74, 6) is -0.0833. The number of hydrogen-bond acceptors (Lipinski definition) is 4. The SMILES string of the molecule is CCCS(=O)(=O)N1CCCC1C(=O)NCc1ccc2c(c1)CNC2. The van der Waals surface area contributed by atoms with Gasteiger partial charge in [0.15, 0.2) is 0 Å². The van der Waals surface area contributed by atoms with Crippen molar-refractivity contribution in [3.63, 3.8) is 0 Å². The van der Waals surface area contributed by atoms with Gasteiger partial charge in [0.05, 0.1) is 5.75 Å². The Bertz CT molecular complexity index is 718. The fourth-order valence-corrected chi connectivity index (χ4v) is 5.22. The smallest absolute Gasteiger partial charge is 0.238 e. The first-order valence-electron chi connectivity index (χ1n) is 8.60. The number of rotatable bonds is 6. The van der Waals surface area contributed by atoms with Gasteiger partial charge in [-0.2, -0.15) is 4.31 Å². The Morgan fingerprint density at radius 3 is 2.92 bits per heavy atom. The molecule has 1 atom stereocenters. The molecular weight excluding hydrogens is 326 g/mol. The molecule has 1 unspecified atom stereocenters. The Labute approximate surface area is 143 Å². The molecule has 1 amide bonds. The van der Waals surface area contributed by atoms with E-state index in [9.17, 15) is 13.2 Å². The molecule has 2 N–H and O–H groups in total. The van der Waals surface area contributed by atoms with E-state index in [1.807, 2.05) is 13.0 Å². The van der Waals surface area contributed by atoms with Crippen LogP contribution in [0.4, 0.5) is 0 Å². The first-order valence-corrected chi connectivity index (χ1v) is 10.2. The molecule has 0 spiro atoms. The predicted octanol–water partition coefficient (Wildman–Crippen LogP) is 1.11. The Morgan fingerprint density at radius 1 is 1.33 bits per heavy atom. The lowest BCUT2D eigenvalue weighted by Gasteiger charge is -2.23. The van der Waals surface area contributed by atoms with Crippen LogP contribution in [0.5, 0.6) is 0 Å². The van der Waals surface area contributed by atoms with E-state index in [1.54, 1.807) is 0 Å². The average Bonchev–Trinajstić information content (AvgIpc) is 3.21. The lowest BCUT2D eigenvalue weighted by Crippen LogP contribution is -2.46. The van der Waals surface area contributed by atoms with Crippen molar-refractivity contribution in [1.82, 2.24) is 14.9 Å². The maximum Gasteiger partial charge on any atom is 0.238 e. The number of amides is 1. The second-order valence-electron chi connectivity index (χ2n) is 6.51. The lowest BCUT2D eigenvalue weighted by molar-refractivity contribution is -0.124. The van der Waals surface area contributed by atoms with E-state index in [1.165, 1.54) is 15.4 Å². The van der Waals surface area contributed by atoms with Crippen molar-refractivity contribution in [2.75, 3.05) is 12.3 Å². The molecule has 132 valence electrons. The van der Waals surface area contributed by atoms with Gasteiger partial charge in [-0.1, -0.05) is 25.1 Å². The number of nitrogens with zero attached hydrogens (tertiary/aromatic N) is 1. The molecule has 7 heteroatoms. The normalized spacial score (nSPS) is 21.0. The van der Waals surface area contributed by atoms with Crippen molar-refractivity contribution in [1.29, 1.82) is 0 Å². The summed E-state index contributed by atoms with van der Waals surface area (Å²) in [7, 11) is -3.33. The van der Waals surface area contributed by atoms with Gasteiger partial charge in [0, 0.05) is 26.2 Å². The number of hydrogen-bond donors (Lipinski definition) is 2. The molecule has 2 aliphatic heterocycles. The number of nitrogens with one attached hydrogen (secondary N) is 2. The van der Waals surface area contributed by atoms with Crippen molar-refractivity contribution < 1.29 is 13.2 Å². The summed E-state index contributed by atoms with van der Waals surface area (Å²) in [4.78, 5) is 12.5. The van der Waals surface area contributed by atoms with Crippen LogP contribution in [0, 0.1) is 0 Å². The van der Waals surface area contributed by atoms with Gasteiger partial charge >= 0.3 is 0 Å². The van der Waals surface area contributed by atoms with Crippen molar-refractivity contribution in [2.45, 2.75) is 51.9 Å². The zero-order chi connectivity index (χ0) is 17.2. The van der Waals surface area contributed by atoms with Crippen LogP contribution < -0.4 is 10.6 Å². The van der Waals surface area contributed by atoms with Gasteiger partial charge in [-0.05, 0) is 36.0 Å². The minimum Gasteiger partial charge on any atom is -0.351 e. The zero-order valence-electron chi connectivity index (χ0n) is 14.0. The van der Waals surface area contributed by atoms with Gasteiger partial charge in [0.1, 0.15) is 6.04 Å². The van der Waals surface area contributed by atoms with Crippen LogP contribution in [0.2, 0.25) is 0 Å². The Hall–Kier alpha value is -1.44. The number of carbonyl (C=O) groups excluding carboxylic acids is 1. The molecular formula is C17H25N3O3S. The van der Waals surface area contributed by atoms with E-state index in [-0.39, 0.29) is 11.7 Å². The third kappa shape index (κ3) is 3.63. The van der Waals surface area contributed by atoms with Crippen LogP contribution in [0.15, 0.2) is 18.2 Å². The maximum atomic E-state index is 12.5. The molecule has 0 radical (unpaired) electrons. The Kier molecular flexibility index (Phi) is 5.22. The van der Waals surface area contributed by atoms with E-state index < -0.39 is 16.1 Å². The second-order valence-corrected chi connectivity index (χ2v) is 8.55. The van der Waals surface area contributed by atoms with Crippen molar-refractivity contribution in [2.24, 2.45) is 0 Å². The number of benzene rings is 1. The topological polar surface area (TPSA) is 78.5 Å². The van der Waals surface area contributed by atoms with Crippen LogP contribution in [0.1, 0.15) is 42.9 Å². The molecule has 6 nitrogen and oxygen atoms in total. The summed E-state index contributed by atoms with van der Waals surface area (Å²) in [6.07, 6.45) is 1.91. The lowest BCUT2D eigenvalue weighted by atomic mass is 10.1. The molecule has 1 fully saturated rings. The van der Waals surface area contributed by atoms with E-state index >= 15 is 0 Å². The molecule has 3 rings (SSSR count). The largest absolute Gasteiger partial charge is 0.351 e. The van der Waals surface area contributed by atoms with E-state index in [4.69, 9.17) is 0 Å². The summed E-state index contributed by atoms with van der Waals surface area (Å²) in [6, 6.07) is 5.66. The molecule has 1 saturated heterocycles. The van der Waals surface area contributed by atoms with Crippen LogP contribution >= 0.6 is 0 Å². The van der Waals surface area contributed by atoms with Gasteiger partial charge in [-0.15, -0.1) is 0 Å². The molecule has 0 aromatic heterocycles. The Morgan fingerprint density at radius 2 is 2.12 bits per heavy atom. The molecule has 1 aromatic rings. The zero-order valence-corrected chi connectivity index (χ0v) is 14.9. The first kappa shape index (κ1) is 17.4. The van der Waals surface area contributed by atoms with Gasteiger partial charge < -0.3 is 10.6 Å².